The number of aryl methyl sites for hydroxylation is 2. The van der Waals surface area contributed by atoms with E-state index in [0.29, 0.717) is 31.7 Å². The largest absolute Gasteiger partial charge is 0.483 e. The molecule has 1 aromatic carbocycles. The molecule has 8 nitrogen and oxygen atoms in total. The minimum absolute atomic E-state index is 0.0304. The first kappa shape index (κ1) is 22.6. The van der Waals surface area contributed by atoms with Crippen molar-refractivity contribution in [2.45, 2.75) is 39.2 Å². The van der Waals surface area contributed by atoms with Crippen LogP contribution in [0.15, 0.2) is 34.9 Å². The molecule has 1 fully saturated rings. The molecule has 1 aliphatic rings. The van der Waals surface area contributed by atoms with Crippen LogP contribution in [0.25, 0.3) is 0 Å². The fourth-order valence-corrected chi connectivity index (χ4v) is 3.77. The molecule has 2 heterocycles. The summed E-state index contributed by atoms with van der Waals surface area (Å²) < 4.78 is 5.14. The Labute approximate surface area is 169 Å². The summed E-state index contributed by atoms with van der Waals surface area (Å²) in [5.74, 6) is 0.628. The number of carboxylic acid groups (broad SMARTS) is 1. The number of benzene rings is 1. The van der Waals surface area contributed by atoms with Gasteiger partial charge in [-0.05, 0) is 32.3 Å². The van der Waals surface area contributed by atoms with Gasteiger partial charge in [0.15, 0.2) is 0 Å². The van der Waals surface area contributed by atoms with Crippen molar-refractivity contribution in [1.29, 1.82) is 0 Å². The molecule has 1 aromatic heterocycles. The molecule has 29 heavy (non-hydrogen) atoms. The van der Waals surface area contributed by atoms with Gasteiger partial charge in [0, 0.05) is 24.1 Å². The second kappa shape index (κ2) is 10.2. The third-order valence-corrected chi connectivity index (χ3v) is 5.46. The molecule has 0 unspecified atom stereocenters. The average Bonchev–Trinajstić information content (AvgIpc) is 3.03. The van der Waals surface area contributed by atoms with Gasteiger partial charge in [0.1, 0.15) is 5.76 Å². The lowest BCUT2D eigenvalue weighted by molar-refractivity contribution is -0.141. The SMILES string of the molecule is Cc1noc(C)c1CC(=O)N1CC[C@@H](O)[C@@](CO)(Cc2ccccc2)C1.O=CO. The molecule has 8 heteroatoms. The molecule has 1 aliphatic heterocycles. The highest BCUT2D eigenvalue weighted by atomic mass is 16.5. The van der Waals surface area contributed by atoms with Crippen LogP contribution in [0.1, 0.15) is 29.0 Å². The van der Waals surface area contributed by atoms with Crippen molar-refractivity contribution in [2.24, 2.45) is 5.41 Å². The number of amides is 1. The van der Waals surface area contributed by atoms with Gasteiger partial charge in [0.05, 0.1) is 24.8 Å². The van der Waals surface area contributed by atoms with Gasteiger partial charge in [-0.1, -0.05) is 35.5 Å². The average molecular weight is 404 g/mol. The molecule has 1 saturated heterocycles. The normalized spacial score (nSPS) is 21.2. The fraction of sp³-hybridized carbons (Fsp3) is 0.476. The topological polar surface area (TPSA) is 124 Å². The summed E-state index contributed by atoms with van der Waals surface area (Å²) in [6.07, 6.45) is 0.571. The molecule has 0 saturated carbocycles. The standard InChI is InChI=1S/C20H26N2O4.CH2O2/c1-14-17(15(2)26-21-14)10-19(25)22-9-8-18(24)20(12-22,13-23)11-16-6-4-3-5-7-16;2-1-3/h3-7,18,23-24H,8-13H2,1-2H3;1H,(H,2,3)/t18-,20+;/m1./s1. The number of aromatic nitrogens is 1. The monoisotopic (exact) mass is 404 g/mol. The zero-order valence-electron chi connectivity index (χ0n) is 16.7. The zero-order chi connectivity index (χ0) is 21.4. The van der Waals surface area contributed by atoms with Gasteiger partial charge in [-0.25, -0.2) is 0 Å². The summed E-state index contributed by atoms with van der Waals surface area (Å²) in [7, 11) is 0. The van der Waals surface area contributed by atoms with Crippen LogP contribution in [0, 0.1) is 19.3 Å². The van der Waals surface area contributed by atoms with E-state index in [-0.39, 0.29) is 25.4 Å². The third kappa shape index (κ3) is 5.42. The van der Waals surface area contributed by atoms with Crippen molar-refractivity contribution in [1.82, 2.24) is 10.1 Å². The minimum Gasteiger partial charge on any atom is -0.483 e. The summed E-state index contributed by atoms with van der Waals surface area (Å²) in [4.78, 5) is 22.9. The number of likely N-dealkylation sites (tertiary alicyclic amines) is 1. The van der Waals surface area contributed by atoms with Crippen LogP contribution in [-0.4, -0.2) is 63.6 Å². The van der Waals surface area contributed by atoms with Crippen molar-refractivity contribution < 1.29 is 29.4 Å². The maximum Gasteiger partial charge on any atom is 0.290 e. The van der Waals surface area contributed by atoms with Crippen LogP contribution >= 0.6 is 0 Å². The summed E-state index contributed by atoms with van der Waals surface area (Å²) in [5, 5.41) is 31.5. The Bertz CT molecular complexity index is 787. The molecule has 0 bridgehead atoms. The maximum atomic E-state index is 12.8. The Morgan fingerprint density at radius 2 is 2.00 bits per heavy atom. The fourth-order valence-electron chi connectivity index (χ4n) is 3.77. The van der Waals surface area contributed by atoms with Gasteiger partial charge in [0.25, 0.3) is 6.47 Å². The summed E-state index contributed by atoms with van der Waals surface area (Å²) in [5.41, 5.74) is 1.85. The lowest BCUT2D eigenvalue weighted by atomic mass is 9.73. The predicted octanol–water partition coefficient (Wildman–Crippen LogP) is 1.35. The number of piperidine rings is 1. The Balaban J connectivity index is 0.000000941. The van der Waals surface area contributed by atoms with Gasteiger partial charge in [-0.3, -0.25) is 9.59 Å². The first-order valence-corrected chi connectivity index (χ1v) is 9.47. The molecule has 2 aromatic rings. The molecule has 158 valence electrons. The van der Waals surface area contributed by atoms with Crippen molar-refractivity contribution >= 4 is 12.4 Å². The first-order chi connectivity index (χ1) is 13.9. The molecule has 2 atom stereocenters. The number of carbonyl (C=O) groups excluding carboxylic acids is 1. The summed E-state index contributed by atoms with van der Waals surface area (Å²) in [6, 6.07) is 9.78. The van der Waals surface area contributed by atoms with E-state index in [1.165, 1.54) is 0 Å². The van der Waals surface area contributed by atoms with E-state index in [1.54, 1.807) is 11.8 Å². The molecule has 3 rings (SSSR count). The zero-order valence-corrected chi connectivity index (χ0v) is 16.7. The van der Waals surface area contributed by atoms with E-state index in [0.717, 1.165) is 16.8 Å². The Kier molecular flexibility index (Phi) is 7.92. The molecular formula is C21H28N2O6. The molecule has 0 spiro atoms. The number of nitrogens with zero attached hydrogens (tertiary/aromatic N) is 2. The van der Waals surface area contributed by atoms with Crippen LogP contribution in [0.2, 0.25) is 0 Å². The van der Waals surface area contributed by atoms with Crippen LogP contribution in [0.5, 0.6) is 0 Å². The van der Waals surface area contributed by atoms with Crippen molar-refractivity contribution in [2.75, 3.05) is 19.7 Å². The van der Waals surface area contributed by atoms with E-state index < -0.39 is 11.5 Å². The van der Waals surface area contributed by atoms with Gasteiger partial charge < -0.3 is 24.7 Å². The van der Waals surface area contributed by atoms with Gasteiger partial charge >= 0.3 is 0 Å². The van der Waals surface area contributed by atoms with Crippen LogP contribution in [-0.2, 0) is 22.4 Å². The van der Waals surface area contributed by atoms with E-state index in [9.17, 15) is 15.0 Å². The highest BCUT2D eigenvalue weighted by Gasteiger charge is 2.43. The smallest absolute Gasteiger partial charge is 0.290 e. The first-order valence-electron chi connectivity index (χ1n) is 9.47. The van der Waals surface area contributed by atoms with Crippen molar-refractivity contribution in [3.63, 3.8) is 0 Å². The number of carbonyl (C=O) groups is 2. The number of aliphatic hydroxyl groups is 2. The van der Waals surface area contributed by atoms with E-state index in [1.807, 2.05) is 37.3 Å². The third-order valence-electron chi connectivity index (χ3n) is 5.46. The lowest BCUT2D eigenvalue weighted by Gasteiger charge is -2.45. The molecule has 1 amide bonds. The molecule has 0 radical (unpaired) electrons. The quantitative estimate of drug-likeness (QED) is 0.643. The van der Waals surface area contributed by atoms with Crippen LogP contribution < -0.4 is 0 Å². The minimum atomic E-state index is -0.742. The van der Waals surface area contributed by atoms with Gasteiger partial charge in [0.2, 0.25) is 5.91 Å². The summed E-state index contributed by atoms with van der Waals surface area (Å²) in [6.45, 7) is 4.03. The predicted molar refractivity (Wildman–Crippen MR) is 105 cm³/mol. The van der Waals surface area contributed by atoms with Crippen molar-refractivity contribution in [3.8, 4) is 0 Å². The van der Waals surface area contributed by atoms with E-state index in [2.05, 4.69) is 5.16 Å². The second-order valence-electron chi connectivity index (χ2n) is 7.39. The van der Waals surface area contributed by atoms with E-state index >= 15 is 0 Å². The van der Waals surface area contributed by atoms with Gasteiger partial charge in [-0.15, -0.1) is 0 Å². The molecule has 0 aliphatic carbocycles. The maximum absolute atomic E-state index is 12.8. The highest BCUT2D eigenvalue weighted by Crippen LogP contribution is 2.34. The number of hydrogen-bond acceptors (Lipinski definition) is 6. The molecular weight excluding hydrogens is 376 g/mol. The Morgan fingerprint density at radius 3 is 2.55 bits per heavy atom. The summed E-state index contributed by atoms with van der Waals surface area (Å²) >= 11 is 0. The van der Waals surface area contributed by atoms with Crippen LogP contribution in [0.3, 0.4) is 0 Å². The Morgan fingerprint density at radius 1 is 1.34 bits per heavy atom. The van der Waals surface area contributed by atoms with E-state index in [4.69, 9.17) is 14.4 Å². The number of hydrogen-bond donors (Lipinski definition) is 3. The number of aliphatic hydroxyl groups excluding tert-OH is 2. The van der Waals surface area contributed by atoms with Gasteiger partial charge in [-0.2, -0.15) is 0 Å². The highest BCUT2D eigenvalue weighted by molar-refractivity contribution is 5.79. The second-order valence-corrected chi connectivity index (χ2v) is 7.39. The molecule has 3 N–H and O–H groups in total. The lowest BCUT2D eigenvalue weighted by Crippen LogP contribution is -2.56. The number of rotatable bonds is 5. The Hall–Kier alpha value is -2.71. The van der Waals surface area contributed by atoms with Crippen molar-refractivity contribution in [3.05, 3.63) is 52.9 Å². The van der Waals surface area contributed by atoms with Crippen LogP contribution in [0.4, 0.5) is 0 Å².